The third kappa shape index (κ3) is 2.53. The predicted molar refractivity (Wildman–Crippen MR) is 90.2 cm³/mol. The van der Waals surface area contributed by atoms with E-state index in [1.165, 1.54) is 10.9 Å². The molecule has 2 aromatic carbocycles. The van der Waals surface area contributed by atoms with Gasteiger partial charge in [-0.15, -0.1) is 0 Å². The summed E-state index contributed by atoms with van der Waals surface area (Å²) in [6.45, 7) is 6.91. The lowest BCUT2D eigenvalue weighted by atomic mass is 10.0. The summed E-state index contributed by atoms with van der Waals surface area (Å²) < 4.78 is 11.5. The number of hydrogen-bond donors (Lipinski definition) is 0. The van der Waals surface area contributed by atoms with Gasteiger partial charge in [0.1, 0.15) is 17.8 Å². The minimum Gasteiger partial charge on any atom is -0.496 e. The van der Waals surface area contributed by atoms with E-state index >= 15 is 0 Å². The van der Waals surface area contributed by atoms with Gasteiger partial charge in [0.25, 0.3) is 0 Å². The molecular weight excluding hydrogens is 279 g/mol. The molecule has 1 aliphatic heterocycles. The second kappa shape index (κ2) is 5.35. The third-order valence-electron chi connectivity index (χ3n) is 3.82. The van der Waals surface area contributed by atoms with Crippen molar-refractivity contribution >= 4 is 13.2 Å². The van der Waals surface area contributed by atoms with E-state index < -0.39 is 0 Å². The Morgan fingerprint density at radius 2 is 1.71 bits per heavy atom. The van der Waals surface area contributed by atoms with Crippen LogP contribution < -0.4 is 14.8 Å². The fourth-order valence-corrected chi connectivity index (χ4v) is 5.08. The summed E-state index contributed by atoms with van der Waals surface area (Å²) in [6, 6.07) is 14.6. The SMILES string of the molecule is COc1ccccc1-c1cccc2c1[P@](C(C)(C)C)CO2. The Morgan fingerprint density at radius 1 is 1.00 bits per heavy atom. The number of fused-ring (bicyclic) bond motifs is 1. The number of hydrogen-bond acceptors (Lipinski definition) is 2. The average molecular weight is 300 g/mol. The zero-order valence-electron chi connectivity index (χ0n) is 13.0. The maximum absolute atomic E-state index is 5.96. The van der Waals surface area contributed by atoms with Crippen molar-refractivity contribution in [2.75, 3.05) is 13.5 Å². The summed E-state index contributed by atoms with van der Waals surface area (Å²) in [5.41, 5.74) is 2.41. The molecule has 0 amide bonds. The van der Waals surface area contributed by atoms with E-state index in [1.54, 1.807) is 7.11 Å². The largest absolute Gasteiger partial charge is 0.496 e. The van der Waals surface area contributed by atoms with Gasteiger partial charge < -0.3 is 9.47 Å². The van der Waals surface area contributed by atoms with E-state index in [9.17, 15) is 0 Å². The van der Waals surface area contributed by atoms with Gasteiger partial charge in [-0.2, -0.15) is 0 Å². The van der Waals surface area contributed by atoms with Crippen LogP contribution in [-0.2, 0) is 0 Å². The van der Waals surface area contributed by atoms with Crippen LogP contribution >= 0.6 is 7.92 Å². The van der Waals surface area contributed by atoms with Crippen LogP contribution in [0.1, 0.15) is 20.8 Å². The summed E-state index contributed by atoms with van der Waals surface area (Å²) in [5.74, 6) is 1.96. The van der Waals surface area contributed by atoms with Crippen molar-refractivity contribution in [1.82, 2.24) is 0 Å². The molecule has 2 aromatic rings. The molecular formula is C18H21O2P. The van der Waals surface area contributed by atoms with E-state index in [1.807, 2.05) is 12.1 Å². The molecule has 21 heavy (non-hydrogen) atoms. The molecule has 2 nitrogen and oxygen atoms in total. The van der Waals surface area contributed by atoms with Gasteiger partial charge in [0, 0.05) is 10.9 Å². The molecule has 1 heterocycles. The topological polar surface area (TPSA) is 18.5 Å². The summed E-state index contributed by atoms with van der Waals surface area (Å²) in [5, 5.41) is 1.61. The quantitative estimate of drug-likeness (QED) is 0.754. The summed E-state index contributed by atoms with van der Waals surface area (Å²) in [6.07, 6.45) is 0.820. The summed E-state index contributed by atoms with van der Waals surface area (Å²) in [7, 11) is 1.39. The highest BCUT2D eigenvalue weighted by Gasteiger charge is 2.35. The van der Waals surface area contributed by atoms with Crippen LogP contribution in [0.4, 0.5) is 0 Å². The molecule has 0 N–H and O–H groups in total. The van der Waals surface area contributed by atoms with Crippen LogP contribution in [0.5, 0.6) is 11.5 Å². The monoisotopic (exact) mass is 300 g/mol. The Balaban J connectivity index is 2.20. The van der Waals surface area contributed by atoms with E-state index in [-0.39, 0.29) is 13.1 Å². The van der Waals surface area contributed by atoms with Crippen molar-refractivity contribution in [3.63, 3.8) is 0 Å². The second-order valence-electron chi connectivity index (χ2n) is 6.22. The van der Waals surface area contributed by atoms with Gasteiger partial charge in [0.05, 0.1) is 7.11 Å². The van der Waals surface area contributed by atoms with Crippen molar-refractivity contribution < 1.29 is 9.47 Å². The zero-order chi connectivity index (χ0) is 15.0. The van der Waals surface area contributed by atoms with Crippen LogP contribution in [0.2, 0.25) is 0 Å². The Morgan fingerprint density at radius 3 is 2.43 bits per heavy atom. The lowest BCUT2D eigenvalue weighted by molar-refractivity contribution is 0.400. The predicted octanol–water partition coefficient (Wildman–Crippen LogP) is 4.62. The van der Waals surface area contributed by atoms with Crippen molar-refractivity contribution in [3.05, 3.63) is 42.5 Å². The Hall–Kier alpha value is -1.53. The first-order valence-corrected chi connectivity index (χ1v) is 8.72. The number of ether oxygens (including phenoxy) is 2. The first-order valence-electron chi connectivity index (χ1n) is 7.19. The molecule has 1 aliphatic rings. The average Bonchev–Trinajstić information content (AvgIpc) is 2.91. The van der Waals surface area contributed by atoms with Crippen molar-refractivity contribution in [1.29, 1.82) is 0 Å². The van der Waals surface area contributed by atoms with Gasteiger partial charge in [-0.05, 0) is 30.8 Å². The number of para-hydroxylation sites is 1. The molecule has 0 aliphatic carbocycles. The normalized spacial score (nSPS) is 17.2. The van der Waals surface area contributed by atoms with Gasteiger partial charge in [-0.25, -0.2) is 0 Å². The lowest BCUT2D eigenvalue weighted by Crippen LogP contribution is -2.19. The molecule has 0 unspecified atom stereocenters. The maximum Gasteiger partial charge on any atom is 0.128 e. The smallest absolute Gasteiger partial charge is 0.128 e. The second-order valence-corrected chi connectivity index (χ2v) is 9.13. The number of rotatable bonds is 2. The standard InChI is InChI=1S/C18H21O2P/c1-18(2,3)21-12-20-16-11-7-9-14(17(16)21)13-8-5-6-10-15(13)19-4/h5-11H,12H2,1-4H3/t21-/m1/s1. The van der Waals surface area contributed by atoms with Crippen molar-refractivity contribution in [3.8, 4) is 22.6 Å². The third-order valence-corrected chi connectivity index (χ3v) is 6.83. The van der Waals surface area contributed by atoms with Crippen molar-refractivity contribution in [2.45, 2.75) is 25.9 Å². The molecule has 0 spiro atoms. The van der Waals surface area contributed by atoms with Gasteiger partial charge in [0.2, 0.25) is 0 Å². The highest BCUT2D eigenvalue weighted by Crippen LogP contribution is 2.56. The van der Waals surface area contributed by atoms with Crippen LogP contribution in [-0.4, -0.2) is 18.6 Å². The van der Waals surface area contributed by atoms with Crippen LogP contribution in [0.25, 0.3) is 11.1 Å². The molecule has 0 saturated carbocycles. The van der Waals surface area contributed by atoms with Gasteiger partial charge in [-0.3, -0.25) is 0 Å². The van der Waals surface area contributed by atoms with Gasteiger partial charge in [-0.1, -0.05) is 51.1 Å². The maximum atomic E-state index is 5.96. The number of methoxy groups -OCH3 is 1. The Labute approximate surface area is 127 Å². The molecule has 3 heteroatoms. The Kier molecular flexibility index (Phi) is 3.67. The fraction of sp³-hybridized carbons (Fsp3) is 0.333. The lowest BCUT2D eigenvalue weighted by Gasteiger charge is -2.27. The summed E-state index contributed by atoms with van der Waals surface area (Å²) in [4.78, 5) is 0. The minimum atomic E-state index is -0.342. The molecule has 0 bridgehead atoms. The Bertz CT molecular complexity index is 659. The highest BCUT2D eigenvalue weighted by molar-refractivity contribution is 7.67. The van der Waals surface area contributed by atoms with E-state index in [0.717, 1.165) is 23.4 Å². The van der Waals surface area contributed by atoms with Crippen LogP contribution in [0, 0.1) is 0 Å². The molecule has 0 fully saturated rings. The first kappa shape index (κ1) is 14.4. The molecule has 0 aromatic heterocycles. The molecule has 1 atom stereocenters. The van der Waals surface area contributed by atoms with Gasteiger partial charge >= 0.3 is 0 Å². The number of benzene rings is 2. The minimum absolute atomic E-state index is 0.235. The van der Waals surface area contributed by atoms with Crippen LogP contribution in [0.3, 0.4) is 0 Å². The van der Waals surface area contributed by atoms with Gasteiger partial charge in [0.15, 0.2) is 0 Å². The fourth-order valence-electron chi connectivity index (χ4n) is 2.73. The highest BCUT2D eigenvalue weighted by atomic mass is 31.1. The molecule has 110 valence electrons. The van der Waals surface area contributed by atoms with Crippen molar-refractivity contribution in [2.24, 2.45) is 0 Å². The molecule has 0 saturated heterocycles. The first-order chi connectivity index (χ1) is 10.0. The van der Waals surface area contributed by atoms with E-state index in [2.05, 4.69) is 51.1 Å². The molecule has 0 radical (unpaired) electrons. The van der Waals surface area contributed by atoms with E-state index in [4.69, 9.17) is 9.47 Å². The molecule has 3 rings (SSSR count). The summed E-state index contributed by atoms with van der Waals surface area (Å²) >= 11 is 0. The van der Waals surface area contributed by atoms with E-state index in [0.29, 0.717) is 0 Å². The van der Waals surface area contributed by atoms with Crippen LogP contribution in [0.15, 0.2) is 42.5 Å². The zero-order valence-corrected chi connectivity index (χ0v) is 13.9.